The monoisotopic (exact) mass is 531 g/mol. The molecule has 0 aliphatic carbocycles. The first-order valence-electron chi connectivity index (χ1n) is 11.7. The van der Waals surface area contributed by atoms with Crippen LogP contribution in [0, 0.1) is 0 Å². The van der Waals surface area contributed by atoms with Crippen LogP contribution in [0.5, 0.6) is 5.75 Å². The number of ether oxygens (including phenoxy) is 1. The van der Waals surface area contributed by atoms with E-state index < -0.39 is 29.2 Å². The van der Waals surface area contributed by atoms with Crippen LogP contribution in [0.2, 0.25) is 5.02 Å². The Hall–Kier alpha value is -3.52. The number of rotatable bonds is 8. The van der Waals surface area contributed by atoms with Crippen LogP contribution in [-0.2, 0) is 30.4 Å². The van der Waals surface area contributed by atoms with Gasteiger partial charge in [0.05, 0.1) is 12.0 Å². The van der Waals surface area contributed by atoms with Crippen molar-refractivity contribution in [3.63, 3.8) is 0 Å². The lowest BCUT2D eigenvalue weighted by Gasteiger charge is -2.24. The summed E-state index contributed by atoms with van der Waals surface area (Å²) in [6, 6.07) is 17.2. The molecule has 1 aliphatic heterocycles. The van der Waals surface area contributed by atoms with E-state index in [1.54, 1.807) is 18.2 Å². The van der Waals surface area contributed by atoms with Crippen LogP contribution in [0.25, 0.3) is 0 Å². The van der Waals surface area contributed by atoms with Gasteiger partial charge in [-0.2, -0.15) is 13.2 Å². The molecule has 1 aliphatic rings. The number of carboxylic acids is 1. The third kappa shape index (κ3) is 6.43. The van der Waals surface area contributed by atoms with Crippen molar-refractivity contribution >= 4 is 23.5 Å². The van der Waals surface area contributed by atoms with E-state index in [-0.39, 0.29) is 25.1 Å². The van der Waals surface area contributed by atoms with Gasteiger partial charge in [-0.05, 0) is 60.0 Å². The van der Waals surface area contributed by atoms with Crippen molar-refractivity contribution in [3.8, 4) is 5.75 Å². The first kappa shape index (κ1) is 26.5. The summed E-state index contributed by atoms with van der Waals surface area (Å²) < 4.78 is 45.7. The second kappa shape index (κ2) is 10.5. The first-order chi connectivity index (χ1) is 17.4. The highest BCUT2D eigenvalue weighted by Crippen LogP contribution is 2.38. The number of fused-ring (bicyclic) bond motifs is 1. The highest BCUT2D eigenvalue weighted by molar-refractivity contribution is 6.31. The van der Waals surface area contributed by atoms with Crippen LogP contribution in [-0.4, -0.2) is 34.0 Å². The molecule has 37 heavy (non-hydrogen) atoms. The molecule has 3 aromatic carbocycles. The quantitative estimate of drug-likeness (QED) is 0.364. The molecule has 0 saturated carbocycles. The number of carbonyl (C=O) groups is 2. The minimum atomic E-state index is -4.53. The summed E-state index contributed by atoms with van der Waals surface area (Å²) in [5.41, 5.74) is 0.917. The molecule has 0 radical (unpaired) electrons. The van der Waals surface area contributed by atoms with Crippen molar-refractivity contribution in [2.24, 2.45) is 0 Å². The second-order valence-electron chi connectivity index (χ2n) is 9.39. The number of amides is 1. The molecule has 0 unspecified atom stereocenters. The van der Waals surface area contributed by atoms with Crippen molar-refractivity contribution in [1.82, 2.24) is 4.90 Å². The fourth-order valence-corrected chi connectivity index (χ4v) is 4.73. The second-order valence-corrected chi connectivity index (χ2v) is 9.80. The molecule has 3 aromatic rings. The number of hydrogen-bond donors (Lipinski definition) is 1. The molecular formula is C28H25ClF3NO4. The average Bonchev–Trinajstić information content (AvgIpc) is 3.17. The number of aliphatic carboxylic acids is 1. The molecule has 1 atom stereocenters. The van der Waals surface area contributed by atoms with Crippen molar-refractivity contribution in [3.05, 3.63) is 99.6 Å². The fourth-order valence-electron chi connectivity index (χ4n) is 4.53. The Morgan fingerprint density at radius 1 is 1.08 bits per heavy atom. The van der Waals surface area contributed by atoms with Gasteiger partial charge < -0.3 is 14.7 Å². The Labute approximate surface area is 217 Å². The number of nitrogens with zero attached hydrogens (tertiary/aromatic N) is 1. The molecule has 1 amide bonds. The van der Waals surface area contributed by atoms with Gasteiger partial charge in [0.2, 0.25) is 0 Å². The maximum atomic E-state index is 13.4. The number of benzene rings is 3. The topological polar surface area (TPSA) is 66.8 Å². The van der Waals surface area contributed by atoms with Gasteiger partial charge in [-0.3, -0.25) is 9.59 Å². The van der Waals surface area contributed by atoms with Crippen LogP contribution in [0.4, 0.5) is 13.2 Å². The predicted octanol–water partition coefficient (Wildman–Crippen LogP) is 6.41. The van der Waals surface area contributed by atoms with Crippen molar-refractivity contribution < 1.29 is 32.6 Å². The summed E-state index contributed by atoms with van der Waals surface area (Å²) >= 11 is 6.32. The molecule has 0 fully saturated rings. The molecule has 0 spiro atoms. The third-order valence-electron chi connectivity index (χ3n) is 6.26. The Balaban J connectivity index is 1.55. The Morgan fingerprint density at radius 3 is 2.54 bits per heavy atom. The zero-order valence-electron chi connectivity index (χ0n) is 20.0. The number of alkyl halides is 3. The molecule has 4 rings (SSSR count). The Kier molecular flexibility index (Phi) is 7.50. The number of hydrogen-bond acceptors (Lipinski definition) is 3. The minimum absolute atomic E-state index is 0.151. The van der Waals surface area contributed by atoms with Gasteiger partial charge in [0, 0.05) is 36.5 Å². The first-order valence-corrected chi connectivity index (χ1v) is 12.0. The van der Waals surface area contributed by atoms with E-state index in [1.807, 2.05) is 31.2 Å². The van der Waals surface area contributed by atoms with Crippen LogP contribution in [0.1, 0.15) is 46.0 Å². The summed E-state index contributed by atoms with van der Waals surface area (Å²) in [4.78, 5) is 25.8. The van der Waals surface area contributed by atoms with E-state index >= 15 is 0 Å². The van der Waals surface area contributed by atoms with E-state index in [1.165, 1.54) is 17.0 Å². The van der Waals surface area contributed by atoms with E-state index in [0.717, 1.165) is 23.3 Å². The summed E-state index contributed by atoms with van der Waals surface area (Å²) in [5, 5.41) is 9.79. The van der Waals surface area contributed by atoms with E-state index in [4.69, 9.17) is 21.4 Å². The third-order valence-corrected chi connectivity index (χ3v) is 6.63. The van der Waals surface area contributed by atoms with Gasteiger partial charge in [0.1, 0.15) is 11.4 Å². The lowest BCUT2D eigenvalue weighted by Crippen LogP contribution is -2.33. The molecule has 0 aromatic heterocycles. The smallest absolute Gasteiger partial charge is 0.416 e. The summed E-state index contributed by atoms with van der Waals surface area (Å²) in [5.74, 6) is -0.943. The highest BCUT2D eigenvalue weighted by Gasteiger charge is 2.36. The molecular weight excluding hydrogens is 507 g/mol. The van der Waals surface area contributed by atoms with Gasteiger partial charge in [-0.25, -0.2) is 0 Å². The van der Waals surface area contributed by atoms with Crippen LogP contribution >= 0.6 is 11.6 Å². The highest BCUT2D eigenvalue weighted by atomic mass is 35.5. The van der Waals surface area contributed by atoms with Gasteiger partial charge in [0.15, 0.2) is 0 Å². The molecule has 1 N–H and O–H groups in total. The van der Waals surface area contributed by atoms with Crippen LogP contribution in [0.15, 0.2) is 66.7 Å². The largest absolute Gasteiger partial charge is 0.487 e. The minimum Gasteiger partial charge on any atom is -0.487 e. The molecule has 5 nitrogen and oxygen atoms in total. The molecule has 194 valence electrons. The average molecular weight is 532 g/mol. The van der Waals surface area contributed by atoms with Gasteiger partial charge in [0.25, 0.3) is 5.91 Å². The number of halogens is 4. The van der Waals surface area contributed by atoms with Crippen molar-refractivity contribution in [2.75, 3.05) is 6.54 Å². The Bertz CT molecular complexity index is 1330. The van der Waals surface area contributed by atoms with E-state index in [2.05, 4.69) is 0 Å². The zero-order chi connectivity index (χ0) is 26.8. The normalized spacial score (nSPS) is 16.7. The van der Waals surface area contributed by atoms with Gasteiger partial charge in [-0.1, -0.05) is 41.9 Å². The zero-order valence-corrected chi connectivity index (χ0v) is 20.8. The number of carbonyl (C=O) groups excluding carboxylic acids is 1. The summed E-state index contributed by atoms with van der Waals surface area (Å²) in [6.45, 7) is 1.65. The summed E-state index contributed by atoms with van der Waals surface area (Å²) in [7, 11) is 0. The van der Waals surface area contributed by atoms with Crippen LogP contribution in [0.3, 0.4) is 0 Å². The lowest BCUT2D eigenvalue weighted by molar-refractivity contribution is -0.138. The molecule has 0 saturated heterocycles. The fraction of sp³-hybridized carbons (Fsp3) is 0.286. The van der Waals surface area contributed by atoms with E-state index in [9.17, 15) is 22.8 Å². The van der Waals surface area contributed by atoms with Crippen molar-refractivity contribution in [1.29, 1.82) is 0 Å². The predicted molar refractivity (Wildman–Crippen MR) is 133 cm³/mol. The summed E-state index contributed by atoms with van der Waals surface area (Å²) in [6.07, 6.45) is -3.78. The van der Waals surface area contributed by atoms with Crippen molar-refractivity contribution in [2.45, 2.75) is 44.5 Å². The van der Waals surface area contributed by atoms with Gasteiger partial charge in [-0.15, -0.1) is 0 Å². The SMILES string of the molecule is C[C@]1(Cc2ccccc2Cl)Cc2cc(C(=O)N(CCC(=O)O)Cc3cccc(C(F)(F)F)c3)ccc2O1. The number of carboxylic acid groups (broad SMARTS) is 1. The lowest BCUT2D eigenvalue weighted by atomic mass is 9.91. The van der Waals surface area contributed by atoms with E-state index in [0.29, 0.717) is 29.2 Å². The molecule has 0 bridgehead atoms. The Morgan fingerprint density at radius 2 is 1.84 bits per heavy atom. The van der Waals surface area contributed by atoms with Gasteiger partial charge >= 0.3 is 12.1 Å². The maximum Gasteiger partial charge on any atom is 0.416 e. The molecule has 9 heteroatoms. The standard InChI is InChI=1S/C28H25ClF3NO4/c1-27(15-20-6-2-3-8-23(20)29)16-21-14-19(9-10-24(21)37-27)26(36)33(12-11-25(34)35)17-18-5-4-7-22(13-18)28(30,31)32/h2-10,13-14H,11-12,15-17H2,1H3,(H,34,35)/t27-/m0/s1. The maximum absolute atomic E-state index is 13.4. The van der Waals surface area contributed by atoms with Crippen LogP contribution < -0.4 is 4.74 Å². The molecule has 1 heterocycles.